The molecule has 0 atom stereocenters. The molecule has 91 heavy (non-hydrogen) atoms. The number of aromatic nitrogens is 8. The van der Waals surface area contributed by atoms with Crippen LogP contribution in [0.15, 0.2) is 158 Å². The van der Waals surface area contributed by atoms with E-state index in [-0.39, 0.29) is 39.2 Å². The van der Waals surface area contributed by atoms with Gasteiger partial charge in [0.25, 0.3) is 21.4 Å². The van der Waals surface area contributed by atoms with E-state index in [1.807, 2.05) is 18.6 Å². The third kappa shape index (κ3) is 7.38. The Bertz CT molecular complexity index is 4840. The van der Waals surface area contributed by atoms with E-state index in [2.05, 4.69) is 312 Å². The highest BCUT2D eigenvalue weighted by Gasteiger charge is 2.64. The summed E-state index contributed by atoms with van der Waals surface area (Å²) in [6, 6.07) is 47.7. The van der Waals surface area contributed by atoms with Crippen molar-refractivity contribution in [3.63, 3.8) is 0 Å². The van der Waals surface area contributed by atoms with Gasteiger partial charge >= 0.3 is 42.0 Å². The molecule has 0 aliphatic carbocycles. The topological polar surface area (TPSA) is 99.4 Å². The zero-order valence-corrected chi connectivity index (χ0v) is 54.8. The van der Waals surface area contributed by atoms with Crippen LogP contribution in [-0.4, -0.2) is 161 Å². The van der Waals surface area contributed by atoms with Gasteiger partial charge in [0.05, 0.1) is 23.4 Å². The minimum Gasteiger partial charge on any atom is -0.415 e. The first kappa shape index (κ1) is 56.6. The molecule has 0 amide bonds. The minimum absolute atomic E-state index is 0.0106. The fourth-order valence-electron chi connectivity index (χ4n) is 16.8. The molecule has 0 bridgehead atoms. The average Bonchev–Trinajstić information content (AvgIpc) is 1.69. The molecule has 12 aromatic rings. The molecule has 26 heteroatoms. The minimum atomic E-state index is -0.0115. The second-order valence-corrected chi connectivity index (χ2v) is 27.5. The molecule has 0 saturated carbocycles. The molecule has 0 unspecified atom stereocenters. The molecular formula is C65H71B9N17. The summed E-state index contributed by atoms with van der Waals surface area (Å²) in [4.78, 5) is 26.0. The molecule has 2 fully saturated rings. The van der Waals surface area contributed by atoms with Gasteiger partial charge in [0.15, 0.2) is 0 Å². The zero-order valence-electron chi connectivity index (χ0n) is 54.8. The summed E-state index contributed by atoms with van der Waals surface area (Å²) in [5, 5.41) is 7.63. The highest BCUT2D eigenvalue weighted by Crippen LogP contribution is 2.52. The van der Waals surface area contributed by atoms with Crippen molar-refractivity contribution >= 4 is 158 Å². The van der Waals surface area contributed by atoms with Crippen molar-refractivity contribution in [3.8, 4) is 22.8 Å². The van der Waals surface area contributed by atoms with Crippen molar-refractivity contribution < 1.29 is 0 Å². The molecule has 8 aliphatic heterocycles. The van der Waals surface area contributed by atoms with E-state index in [1.54, 1.807) is 0 Å². The maximum absolute atomic E-state index is 4.91. The monoisotopic (exact) mass is 1190 g/mol. The van der Waals surface area contributed by atoms with E-state index in [4.69, 9.17) is 19.9 Å². The molecule has 6 aromatic carbocycles. The zero-order chi connectivity index (χ0) is 62.7. The Hall–Kier alpha value is -8.42. The van der Waals surface area contributed by atoms with Crippen LogP contribution in [0.2, 0.25) is 40.9 Å². The van der Waals surface area contributed by atoms with Crippen LogP contribution in [0.5, 0.6) is 0 Å². The second kappa shape index (κ2) is 19.8. The molecule has 6 aromatic heterocycles. The standard InChI is InChI=1S/C18H26B3N5.2C17H14BN3.C13H17B4N6/c1-17(2)15-12-22-16-13-10-8-9-11-14(13)25-19(5)23(7)20(6)26(18(17,3)4)21(25)24(15)16;1-18-15-10-19-17-13-7-4-3-6-11(13)12-8-5-9-14(20(18)2)16(12)21(15)17;1-18-14-9-5-8-12-11-6-3-4-7-13(11)17-19-10-15(20(18)2)21(17)16(12)14;1-15-19(3)12-9-18-13-10-7-5-6-8-11(10)22-16(2)20(4)14-23(15)17(22)21(12)13/h8-12H,1-7H3;2*3-10H,1-2H3;5-9H,1-4H3. The maximum Gasteiger partial charge on any atom is 0.454 e. The smallest absolute Gasteiger partial charge is 0.415 e. The number of imidazole rings is 4. The van der Waals surface area contributed by atoms with Crippen molar-refractivity contribution in [2.24, 2.45) is 0 Å². The number of benzene rings is 6. The molecule has 2 saturated heterocycles. The highest BCUT2D eigenvalue weighted by molar-refractivity contribution is 6.97. The van der Waals surface area contributed by atoms with Crippen molar-refractivity contribution in [1.82, 2.24) is 56.5 Å². The molecule has 17 nitrogen and oxygen atoms in total. The number of pyridine rings is 2. The summed E-state index contributed by atoms with van der Waals surface area (Å²) < 4.78 is 24.4. The van der Waals surface area contributed by atoms with Gasteiger partial charge in [-0.3, -0.25) is 4.40 Å². The fraction of sp³-hybridized carbons (Fsp3) is 0.262. The van der Waals surface area contributed by atoms with Crippen LogP contribution >= 0.6 is 0 Å². The van der Waals surface area contributed by atoms with Crippen LogP contribution in [0.4, 0.5) is 28.7 Å². The third-order valence-electron chi connectivity index (χ3n) is 23.1. The third-order valence-corrected chi connectivity index (χ3v) is 23.1. The van der Waals surface area contributed by atoms with Crippen molar-refractivity contribution in [3.05, 3.63) is 164 Å². The molecule has 0 N–H and O–H groups in total. The summed E-state index contributed by atoms with van der Waals surface area (Å²) in [7, 11) is 13.4. The predicted molar refractivity (Wildman–Crippen MR) is 389 cm³/mol. The molecular weight excluding hydrogens is 1120 g/mol. The number of fused-ring (bicyclic) bond motifs is 12. The van der Waals surface area contributed by atoms with Gasteiger partial charge in [0, 0.05) is 84.4 Å². The lowest BCUT2D eigenvalue weighted by atomic mass is 9.43. The molecule has 443 valence electrons. The van der Waals surface area contributed by atoms with Gasteiger partial charge in [0.2, 0.25) is 0 Å². The number of hydrogen-bond donors (Lipinski definition) is 0. The number of nitrogens with zero attached hydrogens (tertiary/aromatic N) is 17. The number of para-hydroxylation sites is 4. The molecule has 1 radical (unpaired) electrons. The predicted octanol–water partition coefficient (Wildman–Crippen LogP) is 9.26. The van der Waals surface area contributed by atoms with Gasteiger partial charge in [-0.25, -0.2) is 19.9 Å². The van der Waals surface area contributed by atoms with Crippen molar-refractivity contribution in [1.29, 1.82) is 0 Å². The van der Waals surface area contributed by atoms with E-state index in [0.717, 1.165) is 22.9 Å². The number of anilines is 5. The highest BCUT2D eigenvalue weighted by atomic mass is 15.4. The number of rotatable bonds is 0. The lowest BCUT2D eigenvalue weighted by molar-refractivity contribution is 0.164. The second-order valence-electron chi connectivity index (χ2n) is 27.5. The van der Waals surface area contributed by atoms with Crippen LogP contribution in [0.25, 0.3) is 77.4 Å². The van der Waals surface area contributed by atoms with E-state index in [1.165, 1.54) is 99.9 Å². The van der Waals surface area contributed by atoms with Crippen LogP contribution in [0.3, 0.4) is 0 Å². The summed E-state index contributed by atoms with van der Waals surface area (Å²) in [5.74, 6) is 4.52. The normalized spacial score (nSPS) is 18.1. The van der Waals surface area contributed by atoms with Gasteiger partial charge in [0.1, 0.15) is 34.6 Å². The largest absolute Gasteiger partial charge is 0.454 e. The summed E-state index contributed by atoms with van der Waals surface area (Å²) in [6.45, 7) is 25.1. The first-order valence-electron chi connectivity index (χ1n) is 32.4. The summed E-state index contributed by atoms with van der Waals surface area (Å²) >= 11 is 0. The van der Waals surface area contributed by atoms with Crippen molar-refractivity contribution in [2.45, 2.75) is 79.6 Å². The Morgan fingerprint density at radius 3 is 1.65 bits per heavy atom. The van der Waals surface area contributed by atoms with Gasteiger partial charge in [-0.2, -0.15) is 0 Å². The first-order valence-corrected chi connectivity index (χ1v) is 32.4. The van der Waals surface area contributed by atoms with Gasteiger partial charge in [-0.1, -0.05) is 158 Å². The SMILES string of the molecule is CB1N(C)B(C)N2B3N1c1ccccc1-c1ncc(n13)C(C)(C)C2(C)C.CB1N2[B]N(C)B(C)N3B2n2c(cnc2-c2ccccc23)N1C.CB1c2cccc3c4ccccc4c4ncc(n4c23)N1C.CB1c2cnc3c4ccccc4c4cccc(c4n23)N1C. The number of hydrogen-bond acceptors (Lipinski definition) is 13. The Kier molecular flexibility index (Phi) is 12.3. The summed E-state index contributed by atoms with van der Waals surface area (Å²) in [6.07, 6.45) is 8.14. The van der Waals surface area contributed by atoms with E-state index in [9.17, 15) is 0 Å². The van der Waals surface area contributed by atoms with Crippen molar-refractivity contribution in [2.75, 3.05) is 59.1 Å². The lowest BCUT2D eigenvalue weighted by Gasteiger charge is -2.65. The van der Waals surface area contributed by atoms with Crippen LogP contribution < -0.4 is 34.9 Å². The van der Waals surface area contributed by atoms with Gasteiger partial charge < -0.3 is 56.0 Å². The quantitative estimate of drug-likeness (QED) is 0.107. The van der Waals surface area contributed by atoms with Crippen LogP contribution in [0, 0.1) is 0 Å². The van der Waals surface area contributed by atoms with E-state index >= 15 is 0 Å². The van der Waals surface area contributed by atoms with Crippen LogP contribution in [0.1, 0.15) is 33.4 Å². The fourth-order valence-corrected chi connectivity index (χ4v) is 16.8. The first-order chi connectivity index (χ1) is 43.8. The molecule has 20 rings (SSSR count). The molecule has 0 spiro atoms. The Morgan fingerprint density at radius 2 is 0.967 bits per heavy atom. The van der Waals surface area contributed by atoms with E-state index in [0.29, 0.717) is 27.7 Å². The van der Waals surface area contributed by atoms with Gasteiger partial charge in [-0.15, -0.1) is 0 Å². The Morgan fingerprint density at radius 1 is 0.429 bits per heavy atom. The van der Waals surface area contributed by atoms with Gasteiger partial charge in [-0.05, 0) is 95.7 Å². The van der Waals surface area contributed by atoms with Crippen LogP contribution in [-0.2, 0) is 5.41 Å². The Balaban J connectivity index is 0.0000000935. The summed E-state index contributed by atoms with van der Waals surface area (Å²) in [5.41, 5.74) is 14.9. The molecule has 8 aliphatic rings. The lowest BCUT2D eigenvalue weighted by Crippen LogP contribution is -2.85. The Labute approximate surface area is 536 Å². The average molecular weight is 1190 g/mol. The molecule has 14 heterocycles. The maximum atomic E-state index is 4.91. The van der Waals surface area contributed by atoms with E-state index < -0.39 is 0 Å².